The van der Waals surface area contributed by atoms with Crippen molar-refractivity contribution < 1.29 is 9.59 Å². The molecule has 2 aromatic carbocycles. The molecule has 0 aliphatic rings. The number of rotatable bonds is 4. The van der Waals surface area contributed by atoms with Crippen LogP contribution in [0.5, 0.6) is 0 Å². The van der Waals surface area contributed by atoms with E-state index in [-0.39, 0.29) is 5.91 Å². The summed E-state index contributed by atoms with van der Waals surface area (Å²) in [7, 11) is 0. The zero-order valence-electron chi connectivity index (χ0n) is 13.0. The Morgan fingerprint density at radius 1 is 1.05 bits per heavy atom. The predicted molar refractivity (Wildman–Crippen MR) is 87.9 cm³/mol. The number of benzene rings is 2. The van der Waals surface area contributed by atoms with Gasteiger partial charge >= 0.3 is 0 Å². The summed E-state index contributed by atoms with van der Waals surface area (Å²) < 4.78 is 0. The molecule has 22 heavy (non-hydrogen) atoms. The van der Waals surface area contributed by atoms with E-state index in [1.807, 2.05) is 32.0 Å². The Morgan fingerprint density at radius 2 is 1.64 bits per heavy atom. The molecule has 0 bridgehead atoms. The van der Waals surface area contributed by atoms with Crippen LogP contribution >= 0.6 is 0 Å². The second-order valence-corrected chi connectivity index (χ2v) is 5.47. The first-order valence-electron chi connectivity index (χ1n) is 7.17. The number of carbonyl (C=O) groups is 2. The lowest BCUT2D eigenvalue weighted by Gasteiger charge is -2.13. The maximum Gasteiger partial charge on any atom is 0.255 e. The number of amides is 2. The third-order valence-corrected chi connectivity index (χ3v) is 3.80. The number of nitrogens with one attached hydrogen (secondary N) is 1. The van der Waals surface area contributed by atoms with Crippen LogP contribution in [0.3, 0.4) is 0 Å². The fourth-order valence-electron chi connectivity index (χ4n) is 2.31. The molecule has 0 heterocycles. The molecule has 2 amide bonds. The van der Waals surface area contributed by atoms with Crippen molar-refractivity contribution in [1.82, 2.24) is 0 Å². The van der Waals surface area contributed by atoms with E-state index in [1.165, 1.54) is 0 Å². The highest BCUT2D eigenvalue weighted by Gasteiger charge is 2.15. The monoisotopic (exact) mass is 296 g/mol. The number of nitrogens with two attached hydrogens (primary N) is 1. The molecule has 0 aliphatic heterocycles. The lowest BCUT2D eigenvalue weighted by molar-refractivity contribution is -0.119. The van der Waals surface area contributed by atoms with Crippen LogP contribution in [-0.4, -0.2) is 11.8 Å². The molecule has 0 fully saturated rings. The number of hydrogen-bond donors (Lipinski definition) is 2. The zero-order chi connectivity index (χ0) is 16.3. The second kappa shape index (κ2) is 6.43. The predicted octanol–water partition coefficient (Wildman–Crippen LogP) is 3.14. The Balaban J connectivity index is 2.27. The molecule has 0 aliphatic carbocycles. The van der Waals surface area contributed by atoms with Gasteiger partial charge in [-0.15, -0.1) is 0 Å². The summed E-state index contributed by atoms with van der Waals surface area (Å²) >= 11 is 0. The summed E-state index contributed by atoms with van der Waals surface area (Å²) in [5.74, 6) is -1.03. The lowest BCUT2D eigenvalue weighted by atomic mass is 9.98. The van der Waals surface area contributed by atoms with E-state index in [0.717, 1.165) is 22.4 Å². The fraction of sp³-hybridized carbons (Fsp3) is 0.222. The average Bonchev–Trinajstić information content (AvgIpc) is 2.50. The van der Waals surface area contributed by atoms with Crippen LogP contribution < -0.4 is 11.1 Å². The van der Waals surface area contributed by atoms with Crippen LogP contribution in [-0.2, 0) is 4.79 Å². The normalized spacial score (nSPS) is 11.8. The number of aryl methyl sites for hydroxylation is 2. The van der Waals surface area contributed by atoms with Crippen molar-refractivity contribution in [3.05, 3.63) is 64.7 Å². The van der Waals surface area contributed by atoms with Crippen molar-refractivity contribution in [1.29, 1.82) is 0 Å². The van der Waals surface area contributed by atoms with Crippen LogP contribution in [0.2, 0.25) is 0 Å². The quantitative estimate of drug-likeness (QED) is 0.909. The molecule has 0 unspecified atom stereocenters. The molecule has 0 spiro atoms. The summed E-state index contributed by atoms with van der Waals surface area (Å²) in [6, 6.07) is 12.8. The zero-order valence-corrected chi connectivity index (χ0v) is 13.0. The summed E-state index contributed by atoms with van der Waals surface area (Å²) in [6.45, 7) is 5.63. The SMILES string of the molecule is Cc1cccc(C)c1NC(=O)c1cccc([C@@H](C)C(N)=O)c1. The molecule has 0 aromatic heterocycles. The fourth-order valence-corrected chi connectivity index (χ4v) is 2.31. The van der Waals surface area contributed by atoms with Gasteiger partial charge in [-0.1, -0.05) is 30.3 Å². The second-order valence-electron chi connectivity index (χ2n) is 5.47. The average molecular weight is 296 g/mol. The van der Waals surface area contributed by atoms with E-state index in [4.69, 9.17) is 5.73 Å². The van der Waals surface area contributed by atoms with E-state index in [1.54, 1.807) is 31.2 Å². The molecule has 4 nitrogen and oxygen atoms in total. The van der Waals surface area contributed by atoms with Gasteiger partial charge in [-0.25, -0.2) is 0 Å². The Hall–Kier alpha value is -2.62. The molecule has 0 saturated carbocycles. The van der Waals surface area contributed by atoms with Crippen LogP contribution in [0, 0.1) is 13.8 Å². The van der Waals surface area contributed by atoms with Crippen LogP contribution in [0.4, 0.5) is 5.69 Å². The first-order chi connectivity index (χ1) is 10.4. The number of primary amides is 1. The highest BCUT2D eigenvalue weighted by Crippen LogP contribution is 2.21. The Labute approximate surface area is 130 Å². The first kappa shape index (κ1) is 15.8. The van der Waals surface area contributed by atoms with E-state index in [2.05, 4.69) is 5.32 Å². The molecule has 2 aromatic rings. The van der Waals surface area contributed by atoms with Gasteiger partial charge in [0.1, 0.15) is 0 Å². The van der Waals surface area contributed by atoms with Gasteiger partial charge in [0.05, 0.1) is 5.92 Å². The topological polar surface area (TPSA) is 72.2 Å². The Bertz CT molecular complexity index is 703. The van der Waals surface area contributed by atoms with Crippen molar-refractivity contribution in [3.8, 4) is 0 Å². The molecular weight excluding hydrogens is 276 g/mol. The van der Waals surface area contributed by atoms with Crippen molar-refractivity contribution in [3.63, 3.8) is 0 Å². The lowest BCUT2D eigenvalue weighted by Crippen LogP contribution is -2.19. The van der Waals surface area contributed by atoms with E-state index in [9.17, 15) is 9.59 Å². The maximum atomic E-state index is 12.4. The van der Waals surface area contributed by atoms with Gasteiger partial charge in [0.25, 0.3) is 5.91 Å². The third-order valence-electron chi connectivity index (χ3n) is 3.80. The molecule has 0 saturated heterocycles. The number of anilines is 1. The van der Waals surface area contributed by atoms with Crippen molar-refractivity contribution in [2.45, 2.75) is 26.7 Å². The molecule has 0 radical (unpaired) electrons. The highest BCUT2D eigenvalue weighted by molar-refractivity contribution is 6.05. The minimum absolute atomic E-state index is 0.198. The minimum atomic E-state index is -0.423. The van der Waals surface area contributed by atoms with Crippen LogP contribution in [0.25, 0.3) is 0 Å². The molecule has 2 rings (SSSR count). The van der Waals surface area contributed by atoms with Gasteiger partial charge in [-0.2, -0.15) is 0 Å². The molecule has 1 atom stereocenters. The number of hydrogen-bond acceptors (Lipinski definition) is 2. The van der Waals surface area contributed by atoms with Gasteiger partial charge in [-0.3, -0.25) is 9.59 Å². The van der Waals surface area contributed by atoms with Crippen LogP contribution in [0.15, 0.2) is 42.5 Å². The van der Waals surface area contributed by atoms with Crippen molar-refractivity contribution in [2.75, 3.05) is 5.32 Å². The highest BCUT2D eigenvalue weighted by atomic mass is 16.2. The molecule has 4 heteroatoms. The van der Waals surface area contributed by atoms with Gasteiger partial charge in [-0.05, 0) is 49.6 Å². The van der Waals surface area contributed by atoms with Gasteiger partial charge < -0.3 is 11.1 Å². The number of para-hydroxylation sites is 1. The van der Waals surface area contributed by atoms with Gasteiger partial charge in [0.2, 0.25) is 5.91 Å². The van der Waals surface area contributed by atoms with E-state index in [0.29, 0.717) is 5.56 Å². The van der Waals surface area contributed by atoms with Crippen molar-refractivity contribution in [2.24, 2.45) is 5.73 Å². The number of carbonyl (C=O) groups excluding carboxylic acids is 2. The summed E-state index contributed by atoms with van der Waals surface area (Å²) in [5.41, 5.74) is 9.40. The molecular formula is C18H20N2O2. The first-order valence-corrected chi connectivity index (χ1v) is 7.17. The van der Waals surface area contributed by atoms with E-state index >= 15 is 0 Å². The molecule has 3 N–H and O–H groups in total. The maximum absolute atomic E-state index is 12.4. The molecule has 114 valence electrons. The van der Waals surface area contributed by atoms with E-state index < -0.39 is 11.8 Å². The summed E-state index contributed by atoms with van der Waals surface area (Å²) in [4.78, 5) is 23.7. The smallest absolute Gasteiger partial charge is 0.255 e. The third kappa shape index (κ3) is 3.34. The summed E-state index contributed by atoms with van der Waals surface area (Å²) in [6.07, 6.45) is 0. The Morgan fingerprint density at radius 3 is 2.23 bits per heavy atom. The largest absolute Gasteiger partial charge is 0.369 e. The van der Waals surface area contributed by atoms with Gasteiger partial charge in [0.15, 0.2) is 0 Å². The van der Waals surface area contributed by atoms with Crippen molar-refractivity contribution >= 4 is 17.5 Å². The Kier molecular flexibility index (Phi) is 4.61. The van der Waals surface area contributed by atoms with Crippen LogP contribution in [0.1, 0.15) is 39.9 Å². The van der Waals surface area contributed by atoms with Gasteiger partial charge in [0, 0.05) is 11.3 Å². The minimum Gasteiger partial charge on any atom is -0.369 e. The standard InChI is InChI=1S/C18H20N2O2/c1-11-6-4-7-12(2)16(11)20-18(22)15-9-5-8-14(10-15)13(3)17(19)21/h4-10,13H,1-3H3,(H2,19,21)(H,20,22)/t13-/m1/s1. The summed E-state index contributed by atoms with van der Waals surface area (Å²) in [5, 5.41) is 2.94.